The maximum absolute atomic E-state index is 11.4. The van der Waals surface area contributed by atoms with Gasteiger partial charge in [-0.2, -0.15) is 0 Å². The summed E-state index contributed by atoms with van der Waals surface area (Å²) in [6.45, 7) is 11.7. The first-order chi connectivity index (χ1) is 14.7. The van der Waals surface area contributed by atoms with Crippen LogP contribution in [0.1, 0.15) is 85.5 Å². The van der Waals surface area contributed by atoms with E-state index >= 15 is 0 Å². The number of carbonyl (C=O) groups is 1. The Kier molecular flexibility index (Phi) is 16.6. The number of ether oxygens (including phenoxy) is 5. The molecular weight excluding hydrogens is 384 g/mol. The summed E-state index contributed by atoms with van der Waals surface area (Å²) >= 11 is 0. The van der Waals surface area contributed by atoms with Gasteiger partial charge in [0.25, 0.3) is 0 Å². The molecule has 0 amide bonds. The van der Waals surface area contributed by atoms with E-state index in [2.05, 4.69) is 27.7 Å². The van der Waals surface area contributed by atoms with E-state index in [0.717, 1.165) is 57.7 Å². The van der Waals surface area contributed by atoms with Crippen molar-refractivity contribution in [3.05, 3.63) is 0 Å². The molecule has 6 nitrogen and oxygen atoms in total. The predicted octanol–water partition coefficient (Wildman–Crippen LogP) is 4.72. The van der Waals surface area contributed by atoms with Crippen LogP contribution in [0, 0.1) is 0 Å². The number of carbonyl (C=O) groups excluding carboxylic acids is 1. The second kappa shape index (κ2) is 18.1. The van der Waals surface area contributed by atoms with Gasteiger partial charge in [0.15, 0.2) is 0 Å². The summed E-state index contributed by atoms with van der Waals surface area (Å²) in [5, 5.41) is 0. The van der Waals surface area contributed by atoms with Crippen LogP contribution in [0.3, 0.4) is 0 Å². The molecule has 1 saturated heterocycles. The number of hydrogen-bond donors (Lipinski definition) is 0. The molecule has 178 valence electrons. The van der Waals surface area contributed by atoms with Crippen LogP contribution in [0.25, 0.3) is 0 Å². The zero-order valence-corrected chi connectivity index (χ0v) is 19.8. The largest absolute Gasteiger partial charge is 0.379 e. The molecule has 0 aromatic heterocycles. The summed E-state index contributed by atoms with van der Waals surface area (Å²) in [5.74, 6) is 0. The summed E-state index contributed by atoms with van der Waals surface area (Å²) in [6, 6.07) is 0. The van der Waals surface area contributed by atoms with Gasteiger partial charge in [-0.05, 0) is 25.7 Å². The van der Waals surface area contributed by atoms with Crippen molar-refractivity contribution in [1.82, 2.24) is 0 Å². The first kappa shape index (κ1) is 27.5. The van der Waals surface area contributed by atoms with Crippen LogP contribution in [0.4, 0.5) is 0 Å². The zero-order valence-electron chi connectivity index (χ0n) is 19.8. The normalized spacial score (nSPS) is 26.7. The van der Waals surface area contributed by atoms with Crippen LogP contribution in [-0.2, 0) is 28.5 Å². The number of rotatable bonds is 19. The lowest BCUT2D eigenvalue weighted by Crippen LogP contribution is -2.61. The first-order valence-corrected chi connectivity index (χ1v) is 12.2. The minimum Gasteiger partial charge on any atom is -0.379 e. The van der Waals surface area contributed by atoms with Crippen molar-refractivity contribution in [2.75, 3.05) is 33.0 Å². The molecule has 30 heavy (non-hydrogen) atoms. The molecule has 5 atom stereocenters. The van der Waals surface area contributed by atoms with Crippen LogP contribution < -0.4 is 0 Å². The van der Waals surface area contributed by atoms with Gasteiger partial charge in [-0.1, -0.05) is 53.4 Å². The highest BCUT2D eigenvalue weighted by molar-refractivity contribution is 5.50. The van der Waals surface area contributed by atoms with E-state index in [1.807, 2.05) is 0 Å². The second-order valence-electron chi connectivity index (χ2n) is 8.11. The van der Waals surface area contributed by atoms with Gasteiger partial charge in [0.2, 0.25) is 0 Å². The molecule has 1 aliphatic heterocycles. The van der Waals surface area contributed by atoms with Crippen LogP contribution in [0.2, 0.25) is 0 Å². The number of unbranched alkanes of at least 4 members (excludes halogenated alkanes) is 4. The van der Waals surface area contributed by atoms with E-state index in [-0.39, 0.29) is 36.9 Å². The van der Waals surface area contributed by atoms with Gasteiger partial charge >= 0.3 is 0 Å². The molecule has 0 spiro atoms. The first-order valence-electron chi connectivity index (χ1n) is 12.2. The van der Waals surface area contributed by atoms with Crippen molar-refractivity contribution in [3.8, 4) is 0 Å². The van der Waals surface area contributed by atoms with Crippen LogP contribution in [0.15, 0.2) is 0 Å². The Morgan fingerprint density at radius 1 is 0.667 bits per heavy atom. The molecule has 0 aliphatic carbocycles. The van der Waals surface area contributed by atoms with E-state index < -0.39 is 0 Å². The molecule has 0 aromatic carbocycles. The molecule has 6 heteroatoms. The fourth-order valence-corrected chi connectivity index (χ4v) is 3.54. The summed E-state index contributed by atoms with van der Waals surface area (Å²) in [6.07, 6.45) is 8.00. The smallest absolute Gasteiger partial charge is 0.122 e. The molecule has 1 rings (SSSR count). The minimum absolute atomic E-state index is 0.260. The summed E-state index contributed by atoms with van der Waals surface area (Å²) in [7, 11) is 0. The Bertz CT molecular complexity index is 405. The lowest BCUT2D eigenvalue weighted by Gasteiger charge is -2.46. The highest BCUT2D eigenvalue weighted by Gasteiger charge is 2.47. The number of aldehydes is 1. The monoisotopic (exact) mass is 430 g/mol. The van der Waals surface area contributed by atoms with Gasteiger partial charge in [0.1, 0.15) is 30.7 Å². The van der Waals surface area contributed by atoms with Gasteiger partial charge in [0.05, 0.1) is 12.7 Å². The van der Waals surface area contributed by atoms with Crippen LogP contribution >= 0.6 is 0 Å². The van der Waals surface area contributed by atoms with E-state index in [4.69, 9.17) is 23.7 Å². The Hall–Kier alpha value is -0.530. The third-order valence-electron chi connectivity index (χ3n) is 5.41. The predicted molar refractivity (Wildman–Crippen MR) is 119 cm³/mol. The Labute approximate surface area is 184 Å². The summed E-state index contributed by atoms with van der Waals surface area (Å²) in [4.78, 5) is 11.4. The molecule has 0 aromatic rings. The molecule has 1 fully saturated rings. The molecule has 1 aliphatic rings. The van der Waals surface area contributed by atoms with E-state index in [9.17, 15) is 4.79 Å². The van der Waals surface area contributed by atoms with Gasteiger partial charge < -0.3 is 28.5 Å². The Balaban J connectivity index is 2.99. The lowest BCUT2D eigenvalue weighted by atomic mass is 9.92. The fourth-order valence-electron chi connectivity index (χ4n) is 3.54. The fraction of sp³-hybridized carbons (Fsp3) is 0.958. The van der Waals surface area contributed by atoms with Gasteiger partial charge in [-0.3, -0.25) is 0 Å². The van der Waals surface area contributed by atoms with Crippen LogP contribution in [-0.4, -0.2) is 69.8 Å². The van der Waals surface area contributed by atoms with E-state index in [1.54, 1.807) is 0 Å². The van der Waals surface area contributed by atoms with Gasteiger partial charge in [0, 0.05) is 32.8 Å². The van der Waals surface area contributed by atoms with Crippen molar-refractivity contribution in [3.63, 3.8) is 0 Å². The number of hydrogen-bond acceptors (Lipinski definition) is 6. The standard InChI is InChI=1S/C24H46O6/c1-5-9-15-26-19-21-23(28-17-11-7-3)24(29-18-12-8-4)22(27-16-10-6-2)20(30-21)13-14-25/h14,20-24H,5-13,15-19H2,1-4H3/t20-,21-,22+,23-,24-/m1/s1. The molecule has 0 bridgehead atoms. The summed E-state index contributed by atoms with van der Waals surface area (Å²) < 4.78 is 31.1. The highest BCUT2D eigenvalue weighted by Crippen LogP contribution is 2.30. The highest BCUT2D eigenvalue weighted by atomic mass is 16.6. The maximum atomic E-state index is 11.4. The van der Waals surface area contributed by atoms with Gasteiger partial charge in [-0.15, -0.1) is 0 Å². The second-order valence-corrected chi connectivity index (χ2v) is 8.11. The molecule has 0 unspecified atom stereocenters. The Morgan fingerprint density at radius 2 is 1.13 bits per heavy atom. The van der Waals surface area contributed by atoms with E-state index in [1.165, 1.54) is 0 Å². The Morgan fingerprint density at radius 3 is 1.63 bits per heavy atom. The molecule has 0 saturated carbocycles. The summed E-state index contributed by atoms with van der Waals surface area (Å²) in [5.41, 5.74) is 0. The van der Waals surface area contributed by atoms with Crippen molar-refractivity contribution in [2.45, 2.75) is 116 Å². The molecule has 0 radical (unpaired) electrons. The zero-order chi connectivity index (χ0) is 22.0. The van der Waals surface area contributed by atoms with Crippen molar-refractivity contribution in [1.29, 1.82) is 0 Å². The lowest BCUT2D eigenvalue weighted by molar-refractivity contribution is -0.265. The third kappa shape index (κ3) is 10.2. The van der Waals surface area contributed by atoms with Crippen LogP contribution in [0.5, 0.6) is 0 Å². The van der Waals surface area contributed by atoms with Crippen molar-refractivity contribution in [2.24, 2.45) is 0 Å². The average molecular weight is 431 g/mol. The quantitative estimate of drug-likeness (QED) is 0.218. The van der Waals surface area contributed by atoms with Gasteiger partial charge in [-0.25, -0.2) is 0 Å². The van der Waals surface area contributed by atoms with Crippen molar-refractivity contribution >= 4 is 6.29 Å². The SMILES string of the molecule is CCCCOC[C@H]1O[C@H](CC=O)[C@H](OCCCC)[C@@H](OCCCC)[C@@H]1OCCCC. The topological polar surface area (TPSA) is 63.2 Å². The van der Waals surface area contributed by atoms with E-state index in [0.29, 0.717) is 33.0 Å². The molecule has 0 N–H and O–H groups in total. The third-order valence-corrected chi connectivity index (χ3v) is 5.41. The molecule has 1 heterocycles. The minimum atomic E-state index is -0.336. The average Bonchev–Trinajstić information content (AvgIpc) is 2.75. The maximum Gasteiger partial charge on any atom is 0.122 e. The van der Waals surface area contributed by atoms with Crippen molar-refractivity contribution < 1.29 is 28.5 Å². The molecular formula is C24H46O6.